The average Bonchev–Trinajstić information content (AvgIpc) is 2.35. The van der Waals surface area contributed by atoms with Gasteiger partial charge < -0.3 is 14.8 Å². The van der Waals surface area contributed by atoms with Gasteiger partial charge in [0.2, 0.25) is 0 Å². The number of morpholine rings is 1. The van der Waals surface area contributed by atoms with Crippen LogP contribution in [0.1, 0.15) is 27.2 Å². The lowest BCUT2D eigenvalue weighted by Crippen LogP contribution is -2.47. The van der Waals surface area contributed by atoms with E-state index >= 15 is 0 Å². The molecule has 108 valence electrons. The Bertz CT molecular complexity index is 200. The van der Waals surface area contributed by atoms with E-state index in [1.807, 2.05) is 0 Å². The van der Waals surface area contributed by atoms with Crippen LogP contribution in [0.25, 0.3) is 0 Å². The van der Waals surface area contributed by atoms with Gasteiger partial charge in [-0.2, -0.15) is 0 Å². The van der Waals surface area contributed by atoms with Crippen molar-refractivity contribution in [1.82, 2.24) is 10.2 Å². The molecule has 0 aromatic rings. The van der Waals surface area contributed by atoms with Crippen LogP contribution >= 0.6 is 0 Å². The minimum Gasteiger partial charge on any atom is -0.380 e. The van der Waals surface area contributed by atoms with Crippen LogP contribution in [0, 0.1) is 5.92 Å². The highest BCUT2D eigenvalue weighted by Gasteiger charge is 2.19. The third kappa shape index (κ3) is 7.31. The maximum absolute atomic E-state index is 5.77. The fourth-order valence-corrected chi connectivity index (χ4v) is 2.08. The minimum absolute atomic E-state index is 0.337. The van der Waals surface area contributed by atoms with Gasteiger partial charge in [-0.05, 0) is 18.9 Å². The summed E-state index contributed by atoms with van der Waals surface area (Å²) in [6.07, 6.45) is 1.44. The molecular weight excluding hydrogens is 228 g/mol. The lowest BCUT2D eigenvalue weighted by Gasteiger charge is -2.33. The first-order chi connectivity index (χ1) is 8.72. The van der Waals surface area contributed by atoms with Crippen LogP contribution < -0.4 is 5.32 Å². The first-order valence-corrected chi connectivity index (χ1v) is 7.34. The van der Waals surface area contributed by atoms with E-state index in [4.69, 9.17) is 9.47 Å². The molecule has 0 radical (unpaired) electrons. The largest absolute Gasteiger partial charge is 0.380 e. The van der Waals surface area contributed by atoms with Crippen molar-refractivity contribution in [3.05, 3.63) is 0 Å². The van der Waals surface area contributed by atoms with E-state index < -0.39 is 0 Å². The highest BCUT2D eigenvalue weighted by molar-refractivity contribution is 4.73. The summed E-state index contributed by atoms with van der Waals surface area (Å²) >= 11 is 0. The Hall–Kier alpha value is -0.160. The first kappa shape index (κ1) is 15.9. The Balaban J connectivity index is 2.08. The molecule has 1 fully saturated rings. The Kier molecular flexibility index (Phi) is 8.59. The summed E-state index contributed by atoms with van der Waals surface area (Å²) in [5.41, 5.74) is 0. The molecule has 0 unspecified atom stereocenters. The Morgan fingerprint density at radius 2 is 2.22 bits per heavy atom. The van der Waals surface area contributed by atoms with Gasteiger partial charge in [0.05, 0.1) is 19.3 Å². The van der Waals surface area contributed by atoms with Crippen LogP contribution in [0.2, 0.25) is 0 Å². The molecule has 1 aliphatic heterocycles. The van der Waals surface area contributed by atoms with Gasteiger partial charge in [-0.1, -0.05) is 20.8 Å². The van der Waals surface area contributed by atoms with Crippen molar-refractivity contribution in [3.63, 3.8) is 0 Å². The van der Waals surface area contributed by atoms with Gasteiger partial charge in [0.15, 0.2) is 0 Å². The molecule has 1 atom stereocenters. The van der Waals surface area contributed by atoms with E-state index in [9.17, 15) is 0 Å². The van der Waals surface area contributed by atoms with Crippen molar-refractivity contribution in [1.29, 1.82) is 0 Å². The minimum atomic E-state index is 0.337. The van der Waals surface area contributed by atoms with Crippen LogP contribution in [0.5, 0.6) is 0 Å². The molecule has 1 heterocycles. The molecule has 0 bridgehead atoms. The lowest BCUT2D eigenvalue weighted by atomic mass is 10.2. The predicted octanol–water partition coefficient (Wildman–Crippen LogP) is 1.36. The molecular formula is C14H30N2O2. The van der Waals surface area contributed by atoms with Crippen molar-refractivity contribution >= 4 is 0 Å². The quantitative estimate of drug-likeness (QED) is 0.633. The molecule has 0 spiro atoms. The summed E-state index contributed by atoms with van der Waals surface area (Å²) in [5.74, 6) is 0.701. The van der Waals surface area contributed by atoms with Gasteiger partial charge in [-0.3, -0.25) is 4.90 Å². The van der Waals surface area contributed by atoms with Crippen molar-refractivity contribution in [3.8, 4) is 0 Å². The van der Waals surface area contributed by atoms with E-state index in [0.29, 0.717) is 12.0 Å². The normalized spacial score (nSPS) is 21.7. The zero-order valence-corrected chi connectivity index (χ0v) is 12.3. The standard InChI is InChI=1S/C14H30N2O2/c1-4-7-17-8-5-16-6-9-18-14(12-16)11-15-10-13(2)3/h13-15H,4-12H2,1-3H3/t14-/m0/s1. The van der Waals surface area contributed by atoms with Crippen molar-refractivity contribution in [2.24, 2.45) is 5.92 Å². The molecule has 18 heavy (non-hydrogen) atoms. The number of hydrogen-bond acceptors (Lipinski definition) is 4. The summed E-state index contributed by atoms with van der Waals surface area (Å²) in [4.78, 5) is 2.45. The average molecular weight is 258 g/mol. The Morgan fingerprint density at radius 3 is 2.94 bits per heavy atom. The third-order valence-corrected chi connectivity index (χ3v) is 3.05. The fraction of sp³-hybridized carbons (Fsp3) is 1.00. The van der Waals surface area contributed by atoms with E-state index in [1.165, 1.54) is 0 Å². The molecule has 0 aromatic heterocycles. The van der Waals surface area contributed by atoms with Gasteiger partial charge in [-0.15, -0.1) is 0 Å². The van der Waals surface area contributed by atoms with E-state index in [2.05, 4.69) is 31.0 Å². The summed E-state index contributed by atoms with van der Waals surface area (Å²) in [5, 5.41) is 3.47. The third-order valence-electron chi connectivity index (χ3n) is 3.05. The molecule has 4 nitrogen and oxygen atoms in total. The van der Waals surface area contributed by atoms with Gasteiger partial charge in [0, 0.05) is 32.8 Å². The van der Waals surface area contributed by atoms with Gasteiger partial charge in [-0.25, -0.2) is 0 Å². The number of ether oxygens (including phenoxy) is 2. The van der Waals surface area contributed by atoms with Crippen molar-refractivity contribution in [2.45, 2.75) is 33.3 Å². The summed E-state index contributed by atoms with van der Waals surface area (Å²) in [6, 6.07) is 0. The summed E-state index contributed by atoms with van der Waals surface area (Å²) in [6.45, 7) is 14.3. The zero-order chi connectivity index (χ0) is 13.2. The second-order valence-corrected chi connectivity index (χ2v) is 5.46. The number of hydrogen-bond donors (Lipinski definition) is 1. The van der Waals surface area contributed by atoms with Crippen LogP contribution in [0.4, 0.5) is 0 Å². The van der Waals surface area contributed by atoms with E-state index in [1.54, 1.807) is 0 Å². The maximum atomic E-state index is 5.77. The zero-order valence-electron chi connectivity index (χ0n) is 12.3. The molecule has 1 saturated heterocycles. The Labute approximate surface area is 112 Å². The maximum Gasteiger partial charge on any atom is 0.0826 e. The molecule has 0 aliphatic carbocycles. The van der Waals surface area contributed by atoms with Crippen molar-refractivity contribution in [2.75, 3.05) is 52.5 Å². The van der Waals surface area contributed by atoms with Crippen LogP contribution in [-0.4, -0.2) is 63.5 Å². The second-order valence-electron chi connectivity index (χ2n) is 5.46. The highest BCUT2D eigenvalue weighted by Crippen LogP contribution is 2.04. The number of rotatable bonds is 9. The monoisotopic (exact) mass is 258 g/mol. The first-order valence-electron chi connectivity index (χ1n) is 7.34. The fourth-order valence-electron chi connectivity index (χ4n) is 2.08. The lowest BCUT2D eigenvalue weighted by molar-refractivity contribution is -0.0349. The smallest absolute Gasteiger partial charge is 0.0826 e. The summed E-state index contributed by atoms with van der Waals surface area (Å²) < 4.78 is 11.3. The van der Waals surface area contributed by atoms with Crippen LogP contribution in [0.15, 0.2) is 0 Å². The van der Waals surface area contributed by atoms with Gasteiger partial charge in [0.1, 0.15) is 0 Å². The van der Waals surface area contributed by atoms with Crippen LogP contribution in [0.3, 0.4) is 0 Å². The molecule has 1 aliphatic rings. The molecule has 0 aromatic carbocycles. The van der Waals surface area contributed by atoms with E-state index in [-0.39, 0.29) is 0 Å². The van der Waals surface area contributed by atoms with Gasteiger partial charge >= 0.3 is 0 Å². The summed E-state index contributed by atoms with van der Waals surface area (Å²) in [7, 11) is 0. The topological polar surface area (TPSA) is 33.7 Å². The van der Waals surface area contributed by atoms with Gasteiger partial charge in [0.25, 0.3) is 0 Å². The van der Waals surface area contributed by atoms with Crippen molar-refractivity contribution < 1.29 is 9.47 Å². The Morgan fingerprint density at radius 1 is 1.39 bits per heavy atom. The molecule has 0 saturated carbocycles. The SMILES string of the molecule is CCCOCCN1CCO[C@@H](CNCC(C)C)C1. The highest BCUT2D eigenvalue weighted by atomic mass is 16.5. The van der Waals surface area contributed by atoms with Crippen LogP contribution in [-0.2, 0) is 9.47 Å². The predicted molar refractivity (Wildman–Crippen MR) is 75.0 cm³/mol. The number of nitrogens with one attached hydrogen (secondary N) is 1. The molecule has 1 N–H and O–H groups in total. The second kappa shape index (κ2) is 9.73. The molecule has 4 heteroatoms. The van der Waals surface area contributed by atoms with E-state index in [0.717, 1.165) is 59.0 Å². The molecule has 1 rings (SSSR count). The number of nitrogens with zero attached hydrogens (tertiary/aromatic N) is 1. The molecule has 0 amide bonds.